The predicted molar refractivity (Wildman–Crippen MR) is 112 cm³/mol. The van der Waals surface area contributed by atoms with Gasteiger partial charge in [-0.1, -0.05) is 0 Å². The molecule has 1 aliphatic heterocycles. The van der Waals surface area contributed by atoms with Crippen molar-refractivity contribution in [2.45, 2.75) is 50.6 Å². The second kappa shape index (κ2) is 8.09. The Morgan fingerprint density at radius 1 is 1.03 bits per heavy atom. The van der Waals surface area contributed by atoms with Crippen molar-refractivity contribution in [2.24, 2.45) is 16.6 Å². The van der Waals surface area contributed by atoms with E-state index in [1.54, 1.807) is 35.7 Å². The number of rotatable bonds is 5. The van der Waals surface area contributed by atoms with Crippen molar-refractivity contribution >= 4 is 17.8 Å². The van der Waals surface area contributed by atoms with E-state index >= 15 is 0 Å². The third-order valence-corrected chi connectivity index (χ3v) is 6.13. The number of amides is 2. The highest BCUT2D eigenvalue weighted by atomic mass is 16.2. The maximum Gasteiger partial charge on any atom is 0.257 e. The van der Waals surface area contributed by atoms with Gasteiger partial charge in [0.05, 0.1) is 5.56 Å². The lowest BCUT2D eigenvalue weighted by Crippen LogP contribution is -2.51. The average molecular weight is 422 g/mol. The Kier molecular flexibility index (Phi) is 5.13. The van der Waals surface area contributed by atoms with Crippen molar-refractivity contribution in [2.75, 3.05) is 13.1 Å². The Bertz CT molecular complexity index is 971. The number of likely N-dealkylation sites (tertiary alicyclic amines) is 1. The van der Waals surface area contributed by atoms with Crippen LogP contribution in [0.4, 0.5) is 0 Å². The first-order valence-electron chi connectivity index (χ1n) is 10.9. The smallest absolute Gasteiger partial charge is 0.257 e. The number of imidazole rings is 1. The van der Waals surface area contributed by atoms with Crippen LogP contribution in [0.1, 0.15) is 48.9 Å². The molecule has 10 nitrogen and oxygen atoms in total. The van der Waals surface area contributed by atoms with Crippen LogP contribution in [0.5, 0.6) is 0 Å². The minimum absolute atomic E-state index is 0.0244. The second-order valence-electron chi connectivity index (χ2n) is 8.49. The largest absolute Gasteiger partial charge is 0.369 e. The summed E-state index contributed by atoms with van der Waals surface area (Å²) < 4.78 is 1.70. The van der Waals surface area contributed by atoms with Gasteiger partial charge in [-0.3, -0.25) is 14.2 Å². The summed E-state index contributed by atoms with van der Waals surface area (Å²) in [6.45, 7) is 1.37. The molecule has 31 heavy (non-hydrogen) atoms. The maximum absolute atomic E-state index is 13.3. The van der Waals surface area contributed by atoms with Crippen LogP contribution in [0, 0.1) is 5.92 Å². The molecule has 0 unspecified atom stereocenters. The van der Waals surface area contributed by atoms with E-state index in [4.69, 9.17) is 5.73 Å². The van der Waals surface area contributed by atoms with Gasteiger partial charge in [-0.15, -0.1) is 0 Å². The van der Waals surface area contributed by atoms with Gasteiger partial charge < -0.3 is 15.5 Å². The van der Waals surface area contributed by atoms with Gasteiger partial charge in [0.2, 0.25) is 5.95 Å². The molecule has 2 aliphatic carbocycles. The van der Waals surface area contributed by atoms with Crippen molar-refractivity contribution < 1.29 is 9.59 Å². The van der Waals surface area contributed by atoms with Gasteiger partial charge in [0.25, 0.3) is 11.8 Å². The summed E-state index contributed by atoms with van der Waals surface area (Å²) in [7, 11) is 0. The maximum atomic E-state index is 13.3. The summed E-state index contributed by atoms with van der Waals surface area (Å²) in [6, 6.07) is 0.413. The van der Waals surface area contributed by atoms with Gasteiger partial charge in [-0.05, 0) is 38.5 Å². The summed E-state index contributed by atoms with van der Waals surface area (Å²) in [5.74, 6) is 0.734. The third-order valence-electron chi connectivity index (χ3n) is 6.13. The minimum Gasteiger partial charge on any atom is -0.369 e. The summed E-state index contributed by atoms with van der Waals surface area (Å²) in [5, 5.41) is 0. The van der Waals surface area contributed by atoms with Crippen molar-refractivity contribution in [3.8, 4) is 5.95 Å². The first-order chi connectivity index (χ1) is 15.1. The molecule has 162 valence electrons. The van der Waals surface area contributed by atoms with Gasteiger partial charge in [0.1, 0.15) is 6.33 Å². The monoisotopic (exact) mass is 422 g/mol. The fourth-order valence-electron chi connectivity index (χ4n) is 4.05. The minimum atomic E-state index is -0.103. The van der Waals surface area contributed by atoms with E-state index in [1.807, 2.05) is 9.80 Å². The summed E-state index contributed by atoms with van der Waals surface area (Å²) in [5.41, 5.74) is 6.56. The highest BCUT2D eigenvalue weighted by Gasteiger charge is 2.39. The fraction of sp³-hybridized carbons (Fsp3) is 0.524. The molecule has 3 fully saturated rings. The van der Waals surface area contributed by atoms with Crippen LogP contribution in [0.25, 0.3) is 5.95 Å². The Morgan fingerprint density at radius 3 is 2.29 bits per heavy atom. The zero-order valence-corrected chi connectivity index (χ0v) is 17.3. The molecular weight excluding hydrogens is 396 g/mol. The van der Waals surface area contributed by atoms with Crippen LogP contribution in [0.2, 0.25) is 0 Å². The van der Waals surface area contributed by atoms with E-state index in [0.29, 0.717) is 30.6 Å². The normalized spacial score (nSPS) is 20.0. The number of aliphatic imine (C=N–C) groups is 1. The standard InChI is InChI=1S/C21H26N8O2/c22-20(26-18(30)14-1-2-14)27-8-5-17(6-9-27)29(16-3-4-16)19(31)15-11-24-21(25-12-15)28-10-7-23-13-28/h7,10-14,16-17H,1-6,8-9H2,(H2,22,26,30). The van der Waals surface area contributed by atoms with E-state index in [2.05, 4.69) is 19.9 Å². The molecule has 0 bridgehead atoms. The van der Waals surface area contributed by atoms with Gasteiger partial charge in [0, 0.05) is 55.9 Å². The summed E-state index contributed by atoms with van der Waals surface area (Å²) in [4.78, 5) is 45.9. The molecule has 2 aromatic rings. The molecule has 3 heterocycles. The number of carbonyl (C=O) groups excluding carboxylic acids is 2. The third kappa shape index (κ3) is 4.28. The number of nitrogens with zero attached hydrogens (tertiary/aromatic N) is 7. The molecule has 1 saturated heterocycles. The fourth-order valence-corrected chi connectivity index (χ4v) is 4.05. The molecule has 0 atom stereocenters. The number of hydrogen-bond acceptors (Lipinski definition) is 5. The molecule has 5 rings (SSSR count). The first kappa shape index (κ1) is 19.7. The molecule has 0 aromatic carbocycles. The predicted octanol–water partition coefficient (Wildman–Crippen LogP) is 0.983. The lowest BCUT2D eigenvalue weighted by atomic mass is 10.0. The number of aromatic nitrogens is 4. The van der Waals surface area contributed by atoms with Gasteiger partial charge in [-0.2, -0.15) is 4.99 Å². The number of carbonyl (C=O) groups is 2. The SMILES string of the molecule is NC(=NC(=O)C1CC1)N1CCC(N(C(=O)c2cnc(-n3ccnc3)nc2)C2CC2)CC1. The van der Waals surface area contributed by atoms with Crippen LogP contribution in [-0.4, -0.2) is 72.3 Å². The highest BCUT2D eigenvalue weighted by Crippen LogP contribution is 2.33. The molecule has 0 radical (unpaired) electrons. The van der Waals surface area contributed by atoms with Crippen LogP contribution in [0.15, 0.2) is 36.1 Å². The Morgan fingerprint density at radius 2 is 1.71 bits per heavy atom. The molecular formula is C21H26N8O2. The van der Waals surface area contributed by atoms with Crippen LogP contribution >= 0.6 is 0 Å². The molecule has 0 spiro atoms. The molecule has 2 amide bonds. The van der Waals surface area contributed by atoms with Gasteiger partial charge in [-0.25, -0.2) is 15.0 Å². The second-order valence-corrected chi connectivity index (χ2v) is 8.49. The quantitative estimate of drug-likeness (QED) is 0.563. The Hall–Kier alpha value is -3.30. The van der Waals surface area contributed by atoms with Crippen molar-refractivity contribution in [3.05, 3.63) is 36.7 Å². The molecule has 2 N–H and O–H groups in total. The van der Waals surface area contributed by atoms with E-state index in [9.17, 15) is 9.59 Å². The Labute approximate surface area is 180 Å². The van der Waals surface area contributed by atoms with Crippen molar-refractivity contribution in [1.29, 1.82) is 0 Å². The van der Waals surface area contributed by atoms with Crippen LogP contribution in [-0.2, 0) is 4.79 Å². The summed E-state index contributed by atoms with van der Waals surface area (Å²) in [6.07, 6.45) is 13.7. The van der Waals surface area contributed by atoms with Gasteiger partial charge in [0.15, 0.2) is 5.96 Å². The molecule has 10 heteroatoms. The zero-order chi connectivity index (χ0) is 21.4. The number of nitrogens with two attached hydrogens (primary N) is 1. The van der Waals surface area contributed by atoms with Gasteiger partial charge >= 0.3 is 0 Å². The lowest BCUT2D eigenvalue weighted by Gasteiger charge is -2.39. The zero-order valence-electron chi connectivity index (χ0n) is 17.3. The highest BCUT2D eigenvalue weighted by molar-refractivity contribution is 5.95. The summed E-state index contributed by atoms with van der Waals surface area (Å²) >= 11 is 0. The van der Waals surface area contributed by atoms with Crippen LogP contribution in [0.3, 0.4) is 0 Å². The van der Waals surface area contributed by atoms with E-state index in [0.717, 1.165) is 38.5 Å². The molecule has 2 saturated carbocycles. The van der Waals surface area contributed by atoms with Crippen molar-refractivity contribution in [3.63, 3.8) is 0 Å². The van der Waals surface area contributed by atoms with E-state index < -0.39 is 0 Å². The number of hydrogen-bond donors (Lipinski definition) is 1. The number of guanidine groups is 1. The molecule has 3 aliphatic rings. The number of piperidine rings is 1. The van der Waals surface area contributed by atoms with Crippen molar-refractivity contribution in [1.82, 2.24) is 29.3 Å². The van der Waals surface area contributed by atoms with Crippen LogP contribution < -0.4 is 5.73 Å². The average Bonchev–Trinajstić information content (AvgIpc) is 3.73. The Balaban J connectivity index is 1.24. The molecule has 2 aromatic heterocycles. The first-order valence-corrected chi connectivity index (χ1v) is 10.9. The topological polar surface area (TPSA) is 123 Å². The van der Waals surface area contributed by atoms with E-state index in [1.165, 1.54) is 0 Å². The van der Waals surface area contributed by atoms with E-state index in [-0.39, 0.29) is 29.8 Å². The lowest BCUT2D eigenvalue weighted by molar-refractivity contribution is -0.119.